The fraction of sp³-hybridized carbons (Fsp3) is 0.0909. The van der Waals surface area contributed by atoms with E-state index in [0.717, 1.165) is 21.0 Å². The van der Waals surface area contributed by atoms with Gasteiger partial charge in [-0.2, -0.15) is 4.99 Å². The number of carbonyl (C=O) groups is 1. The van der Waals surface area contributed by atoms with Crippen LogP contribution in [0.15, 0.2) is 72.2 Å². The van der Waals surface area contributed by atoms with Crippen molar-refractivity contribution in [1.29, 1.82) is 0 Å². The summed E-state index contributed by atoms with van der Waals surface area (Å²) in [6, 6.07) is 17.4. The molecule has 0 saturated carbocycles. The summed E-state index contributed by atoms with van der Waals surface area (Å²) < 4.78 is 13.9. The third-order valence-corrected chi connectivity index (χ3v) is 5.72. The molecule has 1 amide bonds. The molecule has 1 aliphatic rings. The average molecular weight is 388 g/mol. The zero-order chi connectivity index (χ0) is 19.1. The SMILES string of the molecule is C=CCn1c(=NC(=O)c2ccc3ccccc3c2)sc2cc3c(cc21)OCO3. The van der Waals surface area contributed by atoms with Gasteiger partial charge >= 0.3 is 0 Å². The maximum absolute atomic E-state index is 12.8. The van der Waals surface area contributed by atoms with Crippen molar-refractivity contribution in [2.45, 2.75) is 6.54 Å². The van der Waals surface area contributed by atoms with E-state index < -0.39 is 0 Å². The molecule has 0 atom stereocenters. The lowest BCUT2D eigenvalue weighted by molar-refractivity contribution is 0.0998. The van der Waals surface area contributed by atoms with Crippen LogP contribution in [0, 0.1) is 0 Å². The number of hydrogen-bond donors (Lipinski definition) is 0. The molecule has 4 aromatic rings. The lowest BCUT2D eigenvalue weighted by atomic mass is 10.1. The molecule has 0 radical (unpaired) electrons. The van der Waals surface area contributed by atoms with E-state index in [1.165, 1.54) is 11.3 Å². The van der Waals surface area contributed by atoms with Gasteiger partial charge in [0, 0.05) is 24.2 Å². The van der Waals surface area contributed by atoms with Gasteiger partial charge in [0.1, 0.15) is 0 Å². The fourth-order valence-electron chi connectivity index (χ4n) is 3.32. The maximum Gasteiger partial charge on any atom is 0.279 e. The van der Waals surface area contributed by atoms with E-state index in [1.807, 2.05) is 59.2 Å². The first-order valence-corrected chi connectivity index (χ1v) is 9.66. The van der Waals surface area contributed by atoms with Crippen LogP contribution >= 0.6 is 11.3 Å². The van der Waals surface area contributed by atoms with Crippen molar-refractivity contribution in [2.24, 2.45) is 4.99 Å². The molecule has 0 fully saturated rings. The average Bonchev–Trinajstić information content (AvgIpc) is 3.30. The highest BCUT2D eigenvalue weighted by Gasteiger charge is 2.17. The molecule has 138 valence electrons. The fourth-order valence-corrected chi connectivity index (χ4v) is 4.37. The van der Waals surface area contributed by atoms with Crippen molar-refractivity contribution in [1.82, 2.24) is 4.57 Å². The third kappa shape index (κ3) is 2.78. The van der Waals surface area contributed by atoms with Crippen LogP contribution < -0.4 is 14.3 Å². The molecule has 5 rings (SSSR count). The molecule has 0 aliphatic carbocycles. The summed E-state index contributed by atoms with van der Waals surface area (Å²) >= 11 is 1.45. The summed E-state index contributed by atoms with van der Waals surface area (Å²) in [6.45, 7) is 4.60. The van der Waals surface area contributed by atoms with Gasteiger partial charge in [0.2, 0.25) is 6.79 Å². The van der Waals surface area contributed by atoms with Crippen molar-refractivity contribution < 1.29 is 14.3 Å². The van der Waals surface area contributed by atoms with Gasteiger partial charge in [-0.15, -0.1) is 6.58 Å². The van der Waals surface area contributed by atoms with Crippen molar-refractivity contribution in [2.75, 3.05) is 6.79 Å². The second-order valence-corrected chi connectivity index (χ2v) is 7.45. The van der Waals surface area contributed by atoms with Crippen molar-refractivity contribution in [3.8, 4) is 11.5 Å². The highest BCUT2D eigenvalue weighted by molar-refractivity contribution is 7.16. The molecule has 28 heavy (non-hydrogen) atoms. The van der Waals surface area contributed by atoms with E-state index in [1.54, 1.807) is 6.08 Å². The van der Waals surface area contributed by atoms with Crippen molar-refractivity contribution >= 4 is 38.2 Å². The molecule has 0 unspecified atom stereocenters. The smallest absolute Gasteiger partial charge is 0.279 e. The normalized spacial score (nSPS) is 13.4. The maximum atomic E-state index is 12.8. The molecule has 0 N–H and O–H groups in total. The van der Waals surface area contributed by atoms with Crippen LogP contribution in [0.3, 0.4) is 0 Å². The first-order chi connectivity index (χ1) is 13.7. The molecule has 0 spiro atoms. The van der Waals surface area contributed by atoms with Gasteiger partial charge in [-0.1, -0.05) is 47.7 Å². The molecule has 1 aromatic heterocycles. The second kappa shape index (κ2) is 6.65. The van der Waals surface area contributed by atoms with Gasteiger partial charge in [0.05, 0.1) is 10.2 Å². The number of hydrogen-bond acceptors (Lipinski definition) is 4. The molecule has 2 heterocycles. The van der Waals surface area contributed by atoms with E-state index in [0.29, 0.717) is 28.4 Å². The standard InChI is InChI=1S/C22H16N2O3S/c1-2-9-24-17-11-18-19(27-13-26-18)12-20(17)28-22(24)23-21(25)16-8-7-14-5-3-4-6-15(14)10-16/h2-8,10-12H,1,9,13H2. The summed E-state index contributed by atoms with van der Waals surface area (Å²) in [5.74, 6) is 1.15. The number of allylic oxidation sites excluding steroid dienone is 1. The predicted molar refractivity (Wildman–Crippen MR) is 110 cm³/mol. The topological polar surface area (TPSA) is 52.8 Å². The summed E-state index contributed by atoms with van der Waals surface area (Å²) in [5, 5.41) is 2.11. The molecule has 3 aromatic carbocycles. The predicted octanol–water partition coefficient (Wildman–Crippen LogP) is 4.51. The van der Waals surface area contributed by atoms with Crippen LogP contribution in [-0.2, 0) is 6.54 Å². The number of ether oxygens (including phenoxy) is 2. The van der Waals surface area contributed by atoms with Crippen LogP contribution in [0.5, 0.6) is 11.5 Å². The Balaban J connectivity index is 1.64. The van der Waals surface area contributed by atoms with Gasteiger partial charge in [-0.05, 0) is 22.9 Å². The van der Waals surface area contributed by atoms with Crippen LogP contribution in [0.4, 0.5) is 0 Å². The Bertz CT molecular complexity index is 1320. The number of amides is 1. The van der Waals surface area contributed by atoms with Gasteiger partial charge in [-0.3, -0.25) is 4.79 Å². The van der Waals surface area contributed by atoms with Gasteiger partial charge in [0.25, 0.3) is 5.91 Å². The van der Waals surface area contributed by atoms with Crippen LogP contribution in [0.1, 0.15) is 10.4 Å². The lowest BCUT2D eigenvalue weighted by Crippen LogP contribution is -2.16. The molecule has 0 saturated heterocycles. The number of nitrogens with zero attached hydrogens (tertiary/aromatic N) is 2. The summed E-state index contributed by atoms with van der Waals surface area (Å²) in [6.07, 6.45) is 1.79. The quantitative estimate of drug-likeness (QED) is 0.485. The molecule has 1 aliphatic heterocycles. The molecule has 0 bridgehead atoms. The summed E-state index contributed by atoms with van der Waals surface area (Å²) in [4.78, 5) is 17.9. The number of aromatic nitrogens is 1. The van der Waals surface area contributed by atoms with Gasteiger partial charge in [0.15, 0.2) is 16.3 Å². The largest absolute Gasteiger partial charge is 0.454 e. The molecule has 5 nitrogen and oxygen atoms in total. The zero-order valence-electron chi connectivity index (χ0n) is 14.9. The summed E-state index contributed by atoms with van der Waals surface area (Å²) in [5.41, 5.74) is 1.51. The Kier molecular flexibility index (Phi) is 3.98. The Hall–Kier alpha value is -3.38. The third-order valence-electron chi connectivity index (χ3n) is 4.68. The van der Waals surface area contributed by atoms with Crippen LogP contribution in [-0.4, -0.2) is 17.3 Å². The first kappa shape index (κ1) is 16.8. The van der Waals surface area contributed by atoms with E-state index in [9.17, 15) is 4.79 Å². The van der Waals surface area contributed by atoms with Crippen molar-refractivity contribution in [3.05, 3.63) is 77.6 Å². The molecule has 6 heteroatoms. The van der Waals surface area contributed by atoms with E-state index in [-0.39, 0.29) is 12.7 Å². The highest BCUT2D eigenvalue weighted by Crippen LogP contribution is 2.37. The van der Waals surface area contributed by atoms with E-state index in [4.69, 9.17) is 9.47 Å². The minimum Gasteiger partial charge on any atom is -0.454 e. The zero-order valence-corrected chi connectivity index (χ0v) is 15.7. The monoisotopic (exact) mass is 388 g/mol. The Labute approximate surface area is 164 Å². The molecular formula is C22H16N2O3S. The highest BCUT2D eigenvalue weighted by atomic mass is 32.1. The summed E-state index contributed by atoms with van der Waals surface area (Å²) in [7, 11) is 0. The minimum atomic E-state index is -0.268. The van der Waals surface area contributed by atoms with E-state index >= 15 is 0 Å². The Morgan fingerprint density at radius 1 is 1.11 bits per heavy atom. The number of benzene rings is 3. The minimum absolute atomic E-state index is 0.228. The van der Waals surface area contributed by atoms with Crippen LogP contribution in [0.25, 0.3) is 21.0 Å². The van der Waals surface area contributed by atoms with E-state index in [2.05, 4.69) is 11.6 Å². The number of rotatable bonds is 3. The number of thiazole rings is 1. The Morgan fingerprint density at radius 2 is 1.89 bits per heavy atom. The second-order valence-electron chi connectivity index (χ2n) is 6.44. The van der Waals surface area contributed by atoms with Gasteiger partial charge in [-0.25, -0.2) is 0 Å². The number of carbonyl (C=O) groups excluding carboxylic acids is 1. The Morgan fingerprint density at radius 3 is 2.71 bits per heavy atom. The number of fused-ring (bicyclic) bond motifs is 3. The lowest BCUT2D eigenvalue weighted by Gasteiger charge is -2.03. The van der Waals surface area contributed by atoms with Crippen molar-refractivity contribution in [3.63, 3.8) is 0 Å². The molecular weight excluding hydrogens is 372 g/mol. The van der Waals surface area contributed by atoms with Crippen LogP contribution in [0.2, 0.25) is 0 Å². The first-order valence-electron chi connectivity index (χ1n) is 8.85. The van der Waals surface area contributed by atoms with Gasteiger partial charge < -0.3 is 14.0 Å².